The van der Waals surface area contributed by atoms with E-state index in [0.29, 0.717) is 12.1 Å². The summed E-state index contributed by atoms with van der Waals surface area (Å²) in [4.78, 5) is 23.1. The van der Waals surface area contributed by atoms with Crippen LogP contribution in [0.5, 0.6) is 0 Å². The van der Waals surface area contributed by atoms with Gasteiger partial charge in [0.05, 0.1) is 6.10 Å². The molecule has 0 heterocycles. The van der Waals surface area contributed by atoms with Gasteiger partial charge in [-0.15, -0.1) is 0 Å². The molecule has 21 heavy (non-hydrogen) atoms. The summed E-state index contributed by atoms with van der Waals surface area (Å²) in [5.41, 5.74) is 0.598. The maximum absolute atomic E-state index is 13.2. The number of rotatable bonds is 6. The van der Waals surface area contributed by atoms with Gasteiger partial charge in [-0.25, -0.2) is 4.39 Å². The van der Waals surface area contributed by atoms with Crippen molar-refractivity contribution in [3.63, 3.8) is 0 Å². The van der Waals surface area contributed by atoms with Gasteiger partial charge in [0.1, 0.15) is 5.82 Å². The van der Waals surface area contributed by atoms with E-state index in [1.54, 1.807) is 12.1 Å². The molecule has 0 saturated heterocycles. The zero-order valence-electron chi connectivity index (χ0n) is 12.5. The predicted octanol–water partition coefficient (Wildman–Crippen LogP) is 1.40. The Hall–Kier alpha value is -1.95. The number of ether oxygens (including phenoxy) is 1. The first-order valence-corrected chi connectivity index (χ1v) is 6.78. The minimum absolute atomic E-state index is 0.0912. The number of hydrogen-bond donors (Lipinski definition) is 2. The lowest BCUT2D eigenvalue weighted by atomic mass is 10.1. The Morgan fingerprint density at radius 3 is 2.33 bits per heavy atom. The van der Waals surface area contributed by atoms with Crippen LogP contribution >= 0.6 is 0 Å². The number of benzene rings is 1. The first kappa shape index (κ1) is 17.1. The average Bonchev–Trinajstić information content (AvgIpc) is 2.45. The van der Waals surface area contributed by atoms with Gasteiger partial charge < -0.3 is 15.4 Å². The maximum atomic E-state index is 13.2. The molecule has 1 aromatic rings. The summed E-state index contributed by atoms with van der Waals surface area (Å²) in [6.07, 6.45) is -0.512. The Balaban J connectivity index is 2.51. The molecule has 0 aliphatic rings. The first-order chi connectivity index (χ1) is 9.93. The number of halogens is 1. The van der Waals surface area contributed by atoms with Crippen LogP contribution in [0.15, 0.2) is 24.3 Å². The van der Waals surface area contributed by atoms with Crippen LogP contribution in [-0.2, 0) is 14.3 Å². The van der Waals surface area contributed by atoms with Gasteiger partial charge in [-0.1, -0.05) is 26.0 Å². The molecule has 0 spiro atoms. The zero-order chi connectivity index (χ0) is 15.8. The highest BCUT2D eigenvalue weighted by Crippen LogP contribution is 2.16. The Bertz CT molecular complexity index is 492. The van der Waals surface area contributed by atoms with E-state index in [1.807, 2.05) is 13.8 Å². The molecule has 2 N–H and O–H groups in total. The lowest BCUT2D eigenvalue weighted by molar-refractivity contribution is -0.139. The van der Waals surface area contributed by atoms with Gasteiger partial charge in [0.15, 0.2) is 0 Å². The number of hydrogen-bond acceptors (Lipinski definition) is 3. The van der Waals surface area contributed by atoms with Gasteiger partial charge in [-0.2, -0.15) is 0 Å². The summed E-state index contributed by atoms with van der Waals surface area (Å²) in [6.45, 7) is 4.39. The Kier molecular flexibility index (Phi) is 6.81. The second-order valence-electron chi connectivity index (χ2n) is 5.09. The van der Waals surface area contributed by atoms with Crippen molar-refractivity contribution in [2.45, 2.75) is 20.0 Å². The quantitative estimate of drug-likeness (QED) is 0.780. The van der Waals surface area contributed by atoms with Crippen LogP contribution in [0.1, 0.15) is 25.5 Å². The lowest BCUT2D eigenvalue weighted by Gasteiger charge is -2.16. The van der Waals surface area contributed by atoms with Gasteiger partial charge in [-0.3, -0.25) is 9.59 Å². The number of methoxy groups -OCH3 is 1. The summed E-state index contributed by atoms with van der Waals surface area (Å²) in [5, 5.41) is 5.00. The molecule has 1 unspecified atom stereocenters. The molecule has 1 rings (SSSR count). The first-order valence-electron chi connectivity index (χ1n) is 6.78. The molecule has 0 aliphatic heterocycles. The molecule has 2 amide bonds. The maximum Gasteiger partial charge on any atom is 0.309 e. The van der Waals surface area contributed by atoms with Crippen LogP contribution in [-0.4, -0.2) is 32.0 Å². The van der Waals surface area contributed by atoms with E-state index < -0.39 is 17.9 Å². The van der Waals surface area contributed by atoms with E-state index in [0.717, 1.165) is 0 Å². The number of carbonyl (C=O) groups is 2. The molecule has 0 aromatic heterocycles. The van der Waals surface area contributed by atoms with Gasteiger partial charge >= 0.3 is 11.8 Å². The fraction of sp³-hybridized carbons (Fsp3) is 0.467. The molecule has 116 valence electrons. The largest absolute Gasteiger partial charge is 0.375 e. The molecule has 0 aliphatic carbocycles. The van der Waals surface area contributed by atoms with Gasteiger partial charge in [0.2, 0.25) is 0 Å². The molecular weight excluding hydrogens is 275 g/mol. The van der Waals surface area contributed by atoms with Crippen LogP contribution in [0.4, 0.5) is 4.39 Å². The zero-order valence-corrected chi connectivity index (χ0v) is 12.5. The van der Waals surface area contributed by atoms with E-state index >= 15 is 0 Å². The summed E-state index contributed by atoms with van der Waals surface area (Å²) in [5.74, 6) is -1.52. The predicted molar refractivity (Wildman–Crippen MR) is 77.0 cm³/mol. The molecule has 0 bridgehead atoms. The second kappa shape index (κ2) is 8.36. The van der Waals surface area contributed by atoms with Gasteiger partial charge in [0.25, 0.3) is 0 Å². The highest BCUT2D eigenvalue weighted by atomic mass is 19.1. The molecule has 0 radical (unpaired) electrons. The fourth-order valence-electron chi connectivity index (χ4n) is 1.69. The second-order valence-corrected chi connectivity index (χ2v) is 5.09. The summed E-state index contributed by atoms with van der Waals surface area (Å²) >= 11 is 0. The van der Waals surface area contributed by atoms with Crippen molar-refractivity contribution in [2.75, 3.05) is 20.2 Å². The fourth-order valence-corrected chi connectivity index (χ4v) is 1.69. The van der Waals surface area contributed by atoms with Crippen LogP contribution in [0.25, 0.3) is 0 Å². The summed E-state index contributed by atoms with van der Waals surface area (Å²) < 4.78 is 18.4. The highest BCUT2D eigenvalue weighted by Gasteiger charge is 2.17. The third-order valence-electron chi connectivity index (χ3n) is 2.83. The molecule has 0 saturated carbocycles. The van der Waals surface area contributed by atoms with Crippen LogP contribution in [0.2, 0.25) is 0 Å². The Morgan fingerprint density at radius 2 is 1.81 bits per heavy atom. The average molecular weight is 296 g/mol. The van der Waals surface area contributed by atoms with Gasteiger partial charge in [0, 0.05) is 20.2 Å². The van der Waals surface area contributed by atoms with E-state index in [4.69, 9.17) is 4.74 Å². The third kappa shape index (κ3) is 5.91. The van der Waals surface area contributed by atoms with Crippen molar-refractivity contribution in [3.8, 4) is 0 Å². The topological polar surface area (TPSA) is 67.4 Å². The van der Waals surface area contributed by atoms with Crippen molar-refractivity contribution in [3.05, 3.63) is 35.6 Å². The number of amides is 2. The van der Waals surface area contributed by atoms with E-state index in [2.05, 4.69) is 10.6 Å². The number of carbonyl (C=O) groups excluding carboxylic acids is 2. The van der Waals surface area contributed by atoms with Crippen molar-refractivity contribution < 1.29 is 18.7 Å². The summed E-state index contributed by atoms with van der Waals surface area (Å²) in [6, 6.07) is 5.92. The highest BCUT2D eigenvalue weighted by molar-refractivity contribution is 6.35. The summed E-state index contributed by atoms with van der Waals surface area (Å²) in [7, 11) is 1.46. The van der Waals surface area contributed by atoms with Crippen LogP contribution < -0.4 is 10.6 Å². The van der Waals surface area contributed by atoms with Gasteiger partial charge in [-0.05, 0) is 23.6 Å². The molecule has 5 nitrogen and oxygen atoms in total. The standard InChI is InChI=1S/C15H21FN2O3/c1-10(2)8-17-14(19)15(20)18-9-13(21-3)11-5-4-6-12(16)7-11/h4-7,10,13H,8-9H2,1-3H3,(H,17,19)(H,18,20). The van der Waals surface area contributed by atoms with E-state index in [-0.39, 0.29) is 18.3 Å². The molecular formula is C15H21FN2O3. The Labute approximate surface area is 123 Å². The lowest BCUT2D eigenvalue weighted by Crippen LogP contribution is -2.42. The van der Waals surface area contributed by atoms with E-state index in [1.165, 1.54) is 19.2 Å². The molecule has 6 heteroatoms. The smallest absolute Gasteiger partial charge is 0.309 e. The molecule has 1 atom stereocenters. The SMILES string of the molecule is COC(CNC(=O)C(=O)NCC(C)C)c1cccc(F)c1. The monoisotopic (exact) mass is 296 g/mol. The van der Waals surface area contributed by atoms with Crippen molar-refractivity contribution in [2.24, 2.45) is 5.92 Å². The molecule has 0 fully saturated rings. The Morgan fingerprint density at radius 1 is 1.19 bits per heavy atom. The van der Waals surface area contributed by atoms with Crippen molar-refractivity contribution in [1.82, 2.24) is 10.6 Å². The third-order valence-corrected chi connectivity index (χ3v) is 2.83. The van der Waals surface area contributed by atoms with Crippen molar-refractivity contribution in [1.29, 1.82) is 0 Å². The normalized spacial score (nSPS) is 12.0. The molecule has 1 aromatic carbocycles. The van der Waals surface area contributed by atoms with Crippen molar-refractivity contribution >= 4 is 11.8 Å². The van der Waals surface area contributed by atoms with Crippen LogP contribution in [0, 0.1) is 11.7 Å². The minimum atomic E-state index is -0.728. The van der Waals surface area contributed by atoms with Crippen LogP contribution in [0.3, 0.4) is 0 Å². The minimum Gasteiger partial charge on any atom is -0.375 e. The van der Waals surface area contributed by atoms with E-state index in [9.17, 15) is 14.0 Å². The number of nitrogens with one attached hydrogen (secondary N) is 2.